The number of thiazole rings is 2. The lowest BCUT2D eigenvalue weighted by Crippen LogP contribution is -2.22. The number of halogens is 1. The Balaban J connectivity index is 0.000000224. The fraction of sp³-hybridized carbons (Fsp3) is 0.333. The number of urea groups is 2. The fourth-order valence-electron chi connectivity index (χ4n) is 6.45. The fourth-order valence-corrected chi connectivity index (χ4v) is 10.6. The molecule has 2 aromatic heterocycles. The van der Waals surface area contributed by atoms with Gasteiger partial charge >= 0.3 is 24.0 Å². The Morgan fingerprint density at radius 3 is 1.44 bits per heavy atom. The Bertz CT molecular complexity index is 2540. The molecule has 4 aromatic rings. The van der Waals surface area contributed by atoms with E-state index in [2.05, 4.69) is 31.2 Å². The van der Waals surface area contributed by atoms with Gasteiger partial charge in [0.05, 0.1) is 11.4 Å². The van der Waals surface area contributed by atoms with Gasteiger partial charge in [-0.15, -0.1) is 0 Å². The molecular weight excluding hydrogens is 872 g/mol. The van der Waals surface area contributed by atoms with E-state index < -0.39 is 63.5 Å². The average Bonchev–Trinajstić information content (AvgIpc) is 3.99. The number of aromatic carboxylic acids is 2. The molecule has 0 saturated heterocycles. The predicted octanol–water partition coefficient (Wildman–Crippen LogP) is 7.18. The maximum atomic E-state index is 12.8. The topological polar surface area (TPSA) is 285 Å². The maximum absolute atomic E-state index is 12.8. The molecule has 2 aliphatic carbocycles. The van der Waals surface area contributed by atoms with Crippen molar-refractivity contribution < 1.29 is 55.8 Å². The van der Waals surface area contributed by atoms with E-state index in [0.717, 1.165) is 63.9 Å². The zero-order chi connectivity index (χ0) is 43.2. The molecule has 6 rings (SSSR count). The summed E-state index contributed by atoms with van der Waals surface area (Å²) in [7, 11) is -7.66. The number of hydrogen-bond donors (Lipinski definition) is 6. The van der Waals surface area contributed by atoms with Gasteiger partial charge in [0, 0.05) is 40.5 Å². The third-order valence-electron chi connectivity index (χ3n) is 9.10. The number of nitrogens with zero attached hydrogens (tertiary/aromatic N) is 2. The molecule has 2 fully saturated rings. The molecule has 0 spiro atoms. The Morgan fingerprint density at radius 2 is 1.03 bits per heavy atom. The van der Waals surface area contributed by atoms with Crippen LogP contribution in [0.5, 0.6) is 0 Å². The molecule has 2 heterocycles. The summed E-state index contributed by atoms with van der Waals surface area (Å²) in [5.41, 5.74) is -0.0677. The Morgan fingerprint density at radius 1 is 0.627 bits per heavy atom. The lowest BCUT2D eigenvalue weighted by molar-refractivity contribution is 0.0677. The molecule has 0 atom stereocenters. The van der Waals surface area contributed by atoms with Crippen molar-refractivity contribution in [3.05, 3.63) is 70.0 Å². The van der Waals surface area contributed by atoms with Crippen LogP contribution in [0.15, 0.2) is 50.9 Å². The summed E-state index contributed by atoms with van der Waals surface area (Å²) in [6.45, 7) is 0. The predicted molar refractivity (Wildman–Crippen MR) is 220 cm³/mol. The second kappa shape index (κ2) is 18.7. The number of carbonyl (C=O) groups is 6. The number of Topliss-reactive ketones (excluding diaryl/α,β-unsaturated/α-hetero) is 2. The molecular formula is C36H37ClN6O12S4. The quantitative estimate of drug-likeness (QED) is 0.0768. The molecule has 2 aromatic carbocycles. The summed E-state index contributed by atoms with van der Waals surface area (Å²) in [5.74, 6) is -3.35. The molecule has 18 nitrogen and oxygen atoms in total. The van der Waals surface area contributed by atoms with Crippen molar-refractivity contribution in [3.8, 4) is 0 Å². The third kappa shape index (κ3) is 11.5. The van der Waals surface area contributed by atoms with Crippen molar-refractivity contribution in [1.82, 2.24) is 9.97 Å². The number of carboxylic acid groups (broad SMARTS) is 2. The first kappa shape index (κ1) is 44.8. The van der Waals surface area contributed by atoms with E-state index in [-0.39, 0.29) is 44.9 Å². The van der Waals surface area contributed by atoms with Crippen molar-refractivity contribution in [2.45, 2.75) is 59.8 Å². The van der Waals surface area contributed by atoms with Crippen LogP contribution in [0.4, 0.5) is 31.2 Å². The number of carboxylic acids is 2. The minimum atomic E-state index is -3.84. The van der Waals surface area contributed by atoms with Gasteiger partial charge < -0.3 is 20.8 Å². The van der Waals surface area contributed by atoms with Crippen LogP contribution in [0.25, 0.3) is 0 Å². The number of carbonyl (C=O) groups excluding carboxylic acids is 4. The van der Waals surface area contributed by atoms with E-state index in [1.54, 1.807) is 24.3 Å². The van der Waals surface area contributed by atoms with Gasteiger partial charge in [-0.2, -0.15) is 0 Å². The molecule has 0 radical (unpaired) electrons. The number of rotatable bonds is 12. The number of sulfone groups is 2. The first-order chi connectivity index (χ1) is 27.7. The monoisotopic (exact) mass is 908 g/mol. The standard InChI is InChI=1S/C18H18ClN3O6S2.C18H19N3O6S2/c1-30(27,28)16-13(15(24)25)21-18(29-16)22-17(26)20-12-7-6-10(19)8-11(12)14(23)9-4-2-3-5-9;1-29(26,27)16-13(15(23)24)20-18(28-16)21-17(25)19-12-9-5-4-8-11(12)14(22)10-6-2-3-7-10/h6-9H,2-5H2,1H3,(H,24,25)(H2,20,21,22,26);4-5,8-10H,2-3,6-7H2,1H3,(H,23,24)(H2,19,20,21,25). The van der Waals surface area contributed by atoms with Gasteiger partial charge in [-0.3, -0.25) is 20.2 Å². The van der Waals surface area contributed by atoms with Crippen LogP contribution in [-0.4, -0.2) is 85.1 Å². The summed E-state index contributed by atoms with van der Waals surface area (Å²) in [4.78, 5) is 80.1. The largest absolute Gasteiger partial charge is 0.476 e. The van der Waals surface area contributed by atoms with Crippen LogP contribution in [0.1, 0.15) is 93.1 Å². The zero-order valence-electron chi connectivity index (χ0n) is 31.2. The lowest BCUT2D eigenvalue weighted by atomic mass is 9.95. The third-order valence-corrected chi connectivity index (χ3v) is 14.9. The van der Waals surface area contributed by atoms with Gasteiger partial charge in [0.25, 0.3) is 0 Å². The van der Waals surface area contributed by atoms with E-state index >= 15 is 0 Å². The molecule has 23 heteroatoms. The van der Waals surface area contributed by atoms with Crippen molar-refractivity contribution in [1.29, 1.82) is 0 Å². The van der Waals surface area contributed by atoms with Crippen LogP contribution < -0.4 is 21.3 Å². The highest BCUT2D eigenvalue weighted by molar-refractivity contribution is 7.93. The molecule has 59 heavy (non-hydrogen) atoms. The molecule has 0 bridgehead atoms. The summed E-state index contributed by atoms with van der Waals surface area (Å²) < 4.78 is 46.1. The Kier molecular flexibility index (Phi) is 14.2. The van der Waals surface area contributed by atoms with E-state index in [1.165, 1.54) is 18.2 Å². The first-order valence-corrected chi connectivity index (χ1v) is 23.5. The van der Waals surface area contributed by atoms with Crippen LogP contribution >= 0.6 is 34.3 Å². The number of ketones is 2. The van der Waals surface area contributed by atoms with Crippen molar-refractivity contribution in [2.75, 3.05) is 33.8 Å². The highest BCUT2D eigenvalue weighted by Crippen LogP contribution is 2.34. The lowest BCUT2D eigenvalue weighted by Gasteiger charge is -2.14. The Hall–Kier alpha value is -5.29. The molecule has 2 saturated carbocycles. The van der Waals surface area contributed by atoms with Gasteiger partial charge in [-0.1, -0.05) is 72.1 Å². The second-order valence-electron chi connectivity index (χ2n) is 13.5. The minimum Gasteiger partial charge on any atom is -0.476 e. The molecule has 314 valence electrons. The molecule has 0 unspecified atom stereocenters. The second-order valence-corrected chi connectivity index (χ2v) is 20.4. The van der Waals surface area contributed by atoms with E-state index in [4.69, 9.17) is 21.8 Å². The maximum Gasteiger partial charge on any atom is 0.356 e. The van der Waals surface area contributed by atoms with E-state index in [9.17, 15) is 45.6 Å². The molecule has 4 amide bonds. The molecule has 2 aliphatic rings. The smallest absolute Gasteiger partial charge is 0.356 e. The summed E-state index contributed by atoms with van der Waals surface area (Å²) in [6, 6.07) is 9.57. The van der Waals surface area contributed by atoms with E-state index in [1.807, 2.05) is 0 Å². The number of hydrogen-bond acceptors (Lipinski definition) is 14. The number of nitrogens with one attached hydrogen (secondary N) is 4. The Labute approximate surface area is 350 Å². The van der Waals surface area contributed by atoms with Gasteiger partial charge in [0.1, 0.15) is 0 Å². The van der Waals surface area contributed by atoms with Gasteiger partial charge in [-0.05, 0) is 56.0 Å². The number of benzene rings is 2. The van der Waals surface area contributed by atoms with Gasteiger partial charge in [-0.25, -0.2) is 46.0 Å². The number of aromatic nitrogens is 2. The normalized spacial score (nSPS) is 14.5. The summed E-state index contributed by atoms with van der Waals surface area (Å²) >= 11 is 7.10. The van der Waals surface area contributed by atoms with Crippen LogP contribution in [-0.2, 0) is 19.7 Å². The first-order valence-electron chi connectivity index (χ1n) is 17.7. The zero-order valence-corrected chi connectivity index (χ0v) is 35.3. The molecule has 0 aliphatic heterocycles. The van der Waals surface area contributed by atoms with Crippen LogP contribution in [0.3, 0.4) is 0 Å². The van der Waals surface area contributed by atoms with Crippen LogP contribution in [0, 0.1) is 11.8 Å². The molecule has 6 N–H and O–H groups in total. The summed E-state index contributed by atoms with van der Waals surface area (Å²) in [6.07, 6.45) is 8.88. The number of anilines is 4. The van der Waals surface area contributed by atoms with Crippen molar-refractivity contribution in [2.24, 2.45) is 11.8 Å². The van der Waals surface area contributed by atoms with Crippen molar-refractivity contribution in [3.63, 3.8) is 0 Å². The van der Waals surface area contributed by atoms with Crippen molar-refractivity contribution >= 4 is 111 Å². The minimum absolute atomic E-state index is 0.0276. The van der Waals surface area contributed by atoms with Gasteiger partial charge in [0.2, 0.25) is 0 Å². The summed E-state index contributed by atoms with van der Waals surface area (Å²) in [5, 5.41) is 28.0. The average molecular weight is 909 g/mol. The highest BCUT2D eigenvalue weighted by Gasteiger charge is 2.30. The van der Waals surface area contributed by atoms with E-state index in [0.29, 0.717) is 38.9 Å². The number of amides is 4. The number of para-hydroxylation sites is 1. The highest BCUT2D eigenvalue weighted by atomic mass is 35.5. The van der Waals surface area contributed by atoms with Crippen LogP contribution in [0.2, 0.25) is 5.02 Å². The SMILES string of the molecule is CS(=O)(=O)c1sc(NC(=O)Nc2ccc(Cl)cc2C(=O)C2CCCC2)nc1C(=O)O.CS(=O)(=O)c1sc(NC(=O)Nc2ccccc2C(=O)C2CCCC2)nc1C(=O)O. The van der Waals surface area contributed by atoms with Gasteiger partial charge in [0.15, 0.2) is 61.3 Å².